The summed E-state index contributed by atoms with van der Waals surface area (Å²) in [6, 6.07) is 4.08. The number of thioether (sulfide) groups is 1. The van der Waals surface area contributed by atoms with Gasteiger partial charge < -0.3 is 4.90 Å². The Labute approximate surface area is 140 Å². The smallest absolute Gasteiger partial charge is 0.316 e. The molecular weight excluding hydrogens is 365 g/mol. The van der Waals surface area contributed by atoms with Crippen molar-refractivity contribution < 1.29 is 26.4 Å². The van der Waals surface area contributed by atoms with Gasteiger partial charge in [0.1, 0.15) is 0 Å². The number of fused-ring (bicyclic) bond motifs is 1. The molecule has 2 heterocycles. The van der Waals surface area contributed by atoms with Crippen molar-refractivity contribution in [2.75, 3.05) is 16.4 Å². The third-order valence-corrected chi connectivity index (χ3v) is 6.98. The summed E-state index contributed by atoms with van der Waals surface area (Å²) in [5.74, 6) is -0.732. The minimum atomic E-state index is -4.51. The van der Waals surface area contributed by atoms with Crippen molar-refractivity contribution in [2.24, 2.45) is 4.99 Å². The van der Waals surface area contributed by atoms with Crippen LogP contribution in [-0.4, -0.2) is 42.3 Å². The normalized spacial score (nSPS) is 27.5. The molecule has 10 heteroatoms. The second-order valence-electron chi connectivity index (χ2n) is 5.63. The van der Waals surface area contributed by atoms with E-state index in [9.17, 15) is 26.4 Å². The average Bonchev–Trinajstić information content (AvgIpc) is 2.88. The first-order valence-electron chi connectivity index (χ1n) is 7.00. The van der Waals surface area contributed by atoms with E-state index in [-0.39, 0.29) is 27.6 Å². The summed E-state index contributed by atoms with van der Waals surface area (Å²) in [7, 11) is -3.26. The number of anilines is 1. The van der Waals surface area contributed by atoms with Gasteiger partial charge in [-0.15, -0.1) is 0 Å². The molecule has 0 aromatic heterocycles. The molecule has 1 amide bonds. The van der Waals surface area contributed by atoms with Crippen molar-refractivity contribution in [2.45, 2.75) is 24.4 Å². The Morgan fingerprint density at radius 2 is 2.04 bits per heavy atom. The Bertz CT molecular complexity index is 821. The summed E-state index contributed by atoms with van der Waals surface area (Å²) in [4.78, 5) is 16.6. The predicted molar refractivity (Wildman–Crippen MR) is 85.9 cm³/mol. The molecule has 1 aromatic rings. The van der Waals surface area contributed by atoms with E-state index in [0.29, 0.717) is 0 Å². The summed E-state index contributed by atoms with van der Waals surface area (Å²) in [5, 5.41) is -0.102. The van der Waals surface area contributed by atoms with Crippen molar-refractivity contribution in [3.8, 4) is 0 Å². The molecular formula is C14H13F3N2O3S2. The fourth-order valence-corrected chi connectivity index (χ4v) is 6.79. The van der Waals surface area contributed by atoms with Gasteiger partial charge in [-0.05, 0) is 18.2 Å². The van der Waals surface area contributed by atoms with Crippen LogP contribution in [-0.2, 0) is 20.8 Å². The van der Waals surface area contributed by atoms with Crippen molar-refractivity contribution in [3.05, 3.63) is 29.8 Å². The van der Waals surface area contributed by atoms with Gasteiger partial charge >= 0.3 is 6.18 Å². The maximum atomic E-state index is 12.9. The lowest BCUT2D eigenvalue weighted by Crippen LogP contribution is -2.37. The maximum Gasteiger partial charge on any atom is 0.416 e. The lowest BCUT2D eigenvalue weighted by molar-refractivity contribution is -0.137. The topological polar surface area (TPSA) is 66.8 Å². The zero-order chi connectivity index (χ0) is 17.7. The number of benzene rings is 1. The van der Waals surface area contributed by atoms with E-state index in [4.69, 9.17) is 0 Å². The van der Waals surface area contributed by atoms with E-state index < -0.39 is 33.5 Å². The van der Waals surface area contributed by atoms with Crippen LogP contribution >= 0.6 is 11.8 Å². The number of carbonyl (C=O) groups excluding carboxylic acids is 1. The lowest BCUT2D eigenvalue weighted by Gasteiger charge is -2.25. The van der Waals surface area contributed by atoms with E-state index in [1.54, 1.807) is 0 Å². The van der Waals surface area contributed by atoms with Gasteiger partial charge in [0.15, 0.2) is 15.0 Å². The van der Waals surface area contributed by atoms with Crippen LogP contribution in [0.3, 0.4) is 0 Å². The van der Waals surface area contributed by atoms with Gasteiger partial charge in [-0.2, -0.15) is 18.2 Å². The van der Waals surface area contributed by atoms with Crippen molar-refractivity contribution >= 4 is 38.4 Å². The molecule has 0 radical (unpaired) electrons. The summed E-state index contributed by atoms with van der Waals surface area (Å²) < 4.78 is 62.5. The summed E-state index contributed by atoms with van der Waals surface area (Å²) in [5.41, 5.74) is -0.654. The first-order chi connectivity index (χ1) is 11.1. The van der Waals surface area contributed by atoms with E-state index in [2.05, 4.69) is 4.99 Å². The van der Waals surface area contributed by atoms with Crippen LogP contribution in [0.5, 0.6) is 0 Å². The number of hydrogen-bond donors (Lipinski definition) is 0. The van der Waals surface area contributed by atoms with E-state index >= 15 is 0 Å². The second-order valence-corrected chi connectivity index (χ2v) is 8.99. The van der Waals surface area contributed by atoms with Crippen molar-refractivity contribution in [1.29, 1.82) is 0 Å². The number of sulfone groups is 1. The van der Waals surface area contributed by atoms with Gasteiger partial charge in [0.05, 0.1) is 23.1 Å². The van der Waals surface area contributed by atoms with E-state index in [1.807, 2.05) is 0 Å². The molecule has 2 aliphatic rings. The molecule has 2 fully saturated rings. The van der Waals surface area contributed by atoms with Crippen LogP contribution in [0.4, 0.5) is 18.9 Å². The number of carbonyl (C=O) groups is 1. The molecule has 2 saturated heterocycles. The minimum Gasteiger partial charge on any atom is -0.316 e. The number of rotatable bonds is 1. The highest BCUT2D eigenvalue weighted by Crippen LogP contribution is 2.42. The third kappa shape index (κ3) is 3.30. The molecule has 0 N–H and O–H groups in total. The number of hydrogen-bond acceptors (Lipinski definition) is 4. The number of amides is 1. The van der Waals surface area contributed by atoms with Crippen LogP contribution in [0, 0.1) is 0 Å². The van der Waals surface area contributed by atoms with Gasteiger partial charge in [-0.1, -0.05) is 17.8 Å². The number of alkyl halides is 3. The van der Waals surface area contributed by atoms with E-state index in [1.165, 1.54) is 24.0 Å². The van der Waals surface area contributed by atoms with Crippen LogP contribution in [0.1, 0.15) is 12.5 Å². The zero-order valence-corrected chi connectivity index (χ0v) is 14.1. The second kappa shape index (κ2) is 5.76. The molecule has 24 heavy (non-hydrogen) atoms. The summed E-state index contributed by atoms with van der Waals surface area (Å²) in [6.45, 7) is 1.24. The van der Waals surface area contributed by atoms with Gasteiger partial charge in [0.25, 0.3) is 0 Å². The molecule has 3 rings (SSSR count). The predicted octanol–water partition coefficient (Wildman–Crippen LogP) is 2.33. The van der Waals surface area contributed by atoms with Gasteiger partial charge in [0, 0.05) is 17.9 Å². The monoisotopic (exact) mass is 378 g/mol. The summed E-state index contributed by atoms with van der Waals surface area (Å²) in [6.07, 6.45) is -4.51. The van der Waals surface area contributed by atoms with Gasteiger partial charge in [-0.3, -0.25) is 4.79 Å². The highest BCUT2D eigenvalue weighted by atomic mass is 32.2. The molecule has 0 aliphatic carbocycles. The highest BCUT2D eigenvalue weighted by Gasteiger charge is 2.49. The first kappa shape index (κ1) is 17.3. The molecule has 0 bridgehead atoms. The SMILES string of the molecule is CC(=O)N=C1S[C@@H]2CS(=O)(=O)C[C@@H]2N1c1cccc(C(F)(F)F)c1. The number of aliphatic imine (C=N–C) groups is 1. The van der Waals surface area contributed by atoms with Crippen LogP contribution in [0.2, 0.25) is 0 Å². The Kier molecular flexibility index (Phi) is 4.15. The molecule has 0 unspecified atom stereocenters. The molecule has 1 aromatic carbocycles. The fraction of sp³-hybridized carbons (Fsp3) is 0.429. The standard InChI is InChI=1S/C14H13F3N2O3S2/c1-8(20)18-13-19(11-6-24(21,22)7-12(11)23-13)10-4-2-3-9(5-10)14(15,16)17/h2-5,11-12H,6-7H2,1H3/t11-,12+/m0/s1. The third-order valence-electron chi connectivity index (χ3n) is 3.77. The molecule has 0 saturated carbocycles. The zero-order valence-electron chi connectivity index (χ0n) is 12.4. The Morgan fingerprint density at radius 3 is 2.67 bits per heavy atom. The Morgan fingerprint density at radius 1 is 1.33 bits per heavy atom. The average molecular weight is 378 g/mol. The van der Waals surface area contributed by atoms with Gasteiger partial charge in [0.2, 0.25) is 5.91 Å². The van der Waals surface area contributed by atoms with Crippen LogP contribution in [0.15, 0.2) is 29.3 Å². The molecule has 2 aliphatic heterocycles. The fourth-order valence-electron chi connectivity index (χ4n) is 2.83. The molecule has 2 atom stereocenters. The van der Waals surface area contributed by atoms with Crippen molar-refractivity contribution in [1.82, 2.24) is 0 Å². The van der Waals surface area contributed by atoms with Crippen molar-refractivity contribution in [3.63, 3.8) is 0 Å². The number of nitrogens with zero attached hydrogens (tertiary/aromatic N) is 2. The highest BCUT2D eigenvalue weighted by molar-refractivity contribution is 8.16. The number of halogens is 3. The Balaban J connectivity index is 2.06. The maximum absolute atomic E-state index is 12.9. The van der Waals surface area contributed by atoms with Crippen LogP contribution in [0.25, 0.3) is 0 Å². The lowest BCUT2D eigenvalue weighted by atomic mass is 10.1. The molecule has 0 spiro atoms. The first-order valence-corrected chi connectivity index (χ1v) is 9.70. The number of amidine groups is 1. The van der Waals surface area contributed by atoms with E-state index in [0.717, 1.165) is 23.9 Å². The van der Waals surface area contributed by atoms with Gasteiger partial charge in [-0.25, -0.2) is 8.42 Å². The Hall–Kier alpha value is -1.55. The molecule has 130 valence electrons. The largest absolute Gasteiger partial charge is 0.416 e. The molecule has 5 nitrogen and oxygen atoms in total. The summed E-state index contributed by atoms with van der Waals surface area (Å²) >= 11 is 1.12. The van der Waals surface area contributed by atoms with Crippen LogP contribution < -0.4 is 4.90 Å². The minimum absolute atomic E-state index is 0.0747. The quantitative estimate of drug-likeness (QED) is 0.750.